The lowest BCUT2D eigenvalue weighted by Gasteiger charge is -2.08. The van der Waals surface area contributed by atoms with Crippen molar-refractivity contribution < 1.29 is 4.79 Å². The van der Waals surface area contributed by atoms with Crippen molar-refractivity contribution in [3.8, 4) is 0 Å². The molecule has 15 heavy (non-hydrogen) atoms. The van der Waals surface area contributed by atoms with Crippen LogP contribution in [0.5, 0.6) is 0 Å². The zero-order chi connectivity index (χ0) is 10.8. The zero-order valence-electron chi connectivity index (χ0n) is 8.49. The lowest BCUT2D eigenvalue weighted by atomic mass is 10.1. The monoisotopic (exact) mass is 205 g/mol. The molecule has 0 aromatic heterocycles. The van der Waals surface area contributed by atoms with Gasteiger partial charge in [-0.25, -0.2) is 0 Å². The summed E-state index contributed by atoms with van der Waals surface area (Å²) in [5, 5.41) is 3.27. The molecule has 0 aliphatic heterocycles. The van der Waals surface area contributed by atoms with E-state index in [2.05, 4.69) is 5.32 Å². The molecule has 1 aliphatic carbocycles. The van der Waals surface area contributed by atoms with Crippen molar-refractivity contribution in [3.05, 3.63) is 23.8 Å². The third-order valence-electron chi connectivity index (χ3n) is 2.61. The Hall–Kier alpha value is -1.71. The number of amides is 1. The summed E-state index contributed by atoms with van der Waals surface area (Å²) in [5.41, 5.74) is 12.6. The van der Waals surface area contributed by atoms with Gasteiger partial charge in [-0.05, 0) is 37.0 Å². The highest BCUT2D eigenvalue weighted by Crippen LogP contribution is 2.29. The van der Waals surface area contributed by atoms with Crippen LogP contribution in [-0.4, -0.2) is 12.5 Å². The molecule has 0 atom stereocenters. The lowest BCUT2D eigenvalue weighted by Crippen LogP contribution is -2.14. The average molecular weight is 205 g/mol. The lowest BCUT2D eigenvalue weighted by molar-refractivity contribution is 0.100. The van der Waals surface area contributed by atoms with Gasteiger partial charge in [0.05, 0.1) is 5.56 Å². The molecule has 0 radical (unpaired) electrons. The van der Waals surface area contributed by atoms with E-state index in [1.807, 2.05) is 6.07 Å². The number of nitrogens with two attached hydrogens (primary N) is 2. The molecule has 2 rings (SSSR count). The zero-order valence-corrected chi connectivity index (χ0v) is 8.49. The fraction of sp³-hybridized carbons (Fsp3) is 0.364. The summed E-state index contributed by atoms with van der Waals surface area (Å²) in [7, 11) is 0. The summed E-state index contributed by atoms with van der Waals surface area (Å²) in [6.07, 6.45) is 2.59. The summed E-state index contributed by atoms with van der Waals surface area (Å²) < 4.78 is 0. The minimum atomic E-state index is -0.484. The molecular weight excluding hydrogens is 190 g/mol. The van der Waals surface area contributed by atoms with E-state index in [1.165, 1.54) is 12.8 Å². The number of carbonyl (C=O) groups is 1. The summed E-state index contributed by atoms with van der Waals surface area (Å²) in [5.74, 6) is 0.308. The Labute approximate surface area is 88.6 Å². The third-order valence-corrected chi connectivity index (χ3v) is 2.61. The van der Waals surface area contributed by atoms with Crippen LogP contribution in [0.2, 0.25) is 0 Å². The summed E-state index contributed by atoms with van der Waals surface area (Å²) in [6.45, 7) is 0.960. The van der Waals surface area contributed by atoms with Crippen molar-refractivity contribution >= 4 is 17.3 Å². The Morgan fingerprint density at radius 2 is 2.20 bits per heavy atom. The fourth-order valence-corrected chi connectivity index (χ4v) is 1.46. The van der Waals surface area contributed by atoms with Crippen LogP contribution in [0.4, 0.5) is 11.4 Å². The first-order valence-corrected chi connectivity index (χ1v) is 5.10. The molecule has 0 saturated heterocycles. The number of nitrogen functional groups attached to an aromatic ring is 1. The highest BCUT2D eigenvalue weighted by Gasteiger charge is 2.20. The summed E-state index contributed by atoms with van der Waals surface area (Å²) in [4.78, 5) is 11.0. The summed E-state index contributed by atoms with van der Waals surface area (Å²) in [6, 6.07) is 5.28. The first-order chi connectivity index (χ1) is 7.16. The second-order valence-electron chi connectivity index (χ2n) is 3.99. The van der Waals surface area contributed by atoms with Crippen LogP contribution in [0.1, 0.15) is 23.2 Å². The van der Waals surface area contributed by atoms with Crippen LogP contribution in [0.25, 0.3) is 0 Å². The van der Waals surface area contributed by atoms with Gasteiger partial charge in [-0.15, -0.1) is 0 Å². The van der Waals surface area contributed by atoms with Gasteiger partial charge in [0.2, 0.25) is 0 Å². The number of hydrogen-bond acceptors (Lipinski definition) is 3. The molecule has 1 fully saturated rings. The normalized spacial score (nSPS) is 14.9. The van der Waals surface area contributed by atoms with Crippen LogP contribution >= 0.6 is 0 Å². The molecular formula is C11H15N3O. The number of rotatable bonds is 4. The van der Waals surface area contributed by atoms with Crippen LogP contribution in [0.15, 0.2) is 18.2 Å². The fourth-order valence-electron chi connectivity index (χ4n) is 1.46. The molecule has 4 nitrogen and oxygen atoms in total. The second kappa shape index (κ2) is 3.81. The van der Waals surface area contributed by atoms with Gasteiger partial charge in [-0.3, -0.25) is 4.79 Å². The smallest absolute Gasteiger partial charge is 0.250 e. The van der Waals surface area contributed by atoms with Crippen LogP contribution in [0, 0.1) is 5.92 Å². The number of primary amides is 1. The molecule has 1 aromatic rings. The largest absolute Gasteiger partial charge is 0.398 e. The number of nitrogens with one attached hydrogen (secondary N) is 1. The minimum Gasteiger partial charge on any atom is -0.398 e. The van der Waals surface area contributed by atoms with E-state index in [0.717, 1.165) is 18.2 Å². The van der Waals surface area contributed by atoms with E-state index in [4.69, 9.17) is 11.5 Å². The Morgan fingerprint density at radius 3 is 2.80 bits per heavy atom. The number of hydrogen-bond donors (Lipinski definition) is 3. The van der Waals surface area contributed by atoms with Crippen molar-refractivity contribution in [3.63, 3.8) is 0 Å². The standard InChI is InChI=1S/C11H15N3O/c12-10-4-3-8(5-9(10)11(13)15)14-6-7-1-2-7/h3-5,7,14H,1-2,6,12H2,(H2,13,15). The van der Waals surface area contributed by atoms with E-state index in [1.54, 1.807) is 12.1 Å². The quantitative estimate of drug-likeness (QED) is 0.646. The van der Waals surface area contributed by atoms with Crippen LogP contribution in [-0.2, 0) is 0 Å². The SMILES string of the molecule is NC(=O)c1cc(NCC2CC2)ccc1N. The predicted octanol–water partition coefficient (Wildman–Crippen LogP) is 1.19. The van der Waals surface area contributed by atoms with Crippen molar-refractivity contribution in [2.75, 3.05) is 17.6 Å². The third kappa shape index (κ3) is 2.40. The molecule has 1 aliphatic rings. The van der Waals surface area contributed by atoms with Gasteiger partial charge in [-0.2, -0.15) is 0 Å². The Morgan fingerprint density at radius 1 is 1.47 bits per heavy atom. The minimum absolute atomic E-state index is 0.385. The van der Waals surface area contributed by atoms with E-state index in [0.29, 0.717) is 11.3 Å². The topological polar surface area (TPSA) is 81.1 Å². The second-order valence-corrected chi connectivity index (χ2v) is 3.99. The van der Waals surface area contributed by atoms with Crippen molar-refractivity contribution in [1.82, 2.24) is 0 Å². The molecule has 1 amide bonds. The van der Waals surface area contributed by atoms with E-state index in [9.17, 15) is 4.79 Å². The van der Waals surface area contributed by atoms with E-state index in [-0.39, 0.29) is 0 Å². The van der Waals surface area contributed by atoms with E-state index >= 15 is 0 Å². The summed E-state index contributed by atoms with van der Waals surface area (Å²) >= 11 is 0. The molecule has 0 heterocycles. The maximum atomic E-state index is 11.0. The van der Waals surface area contributed by atoms with Gasteiger partial charge >= 0.3 is 0 Å². The van der Waals surface area contributed by atoms with Gasteiger partial charge in [0.15, 0.2) is 0 Å². The maximum Gasteiger partial charge on any atom is 0.250 e. The molecule has 1 saturated carbocycles. The van der Waals surface area contributed by atoms with Gasteiger partial charge < -0.3 is 16.8 Å². The van der Waals surface area contributed by atoms with Crippen LogP contribution < -0.4 is 16.8 Å². The van der Waals surface area contributed by atoms with Gasteiger partial charge in [0.1, 0.15) is 0 Å². The highest BCUT2D eigenvalue weighted by molar-refractivity contribution is 5.98. The number of benzene rings is 1. The maximum absolute atomic E-state index is 11.0. The molecule has 0 unspecified atom stereocenters. The number of anilines is 2. The highest BCUT2D eigenvalue weighted by atomic mass is 16.1. The average Bonchev–Trinajstić information content (AvgIpc) is 3.00. The van der Waals surface area contributed by atoms with Crippen molar-refractivity contribution in [2.45, 2.75) is 12.8 Å². The van der Waals surface area contributed by atoms with E-state index < -0.39 is 5.91 Å². The Bertz CT molecular complexity index is 385. The Balaban J connectivity index is 2.10. The predicted molar refractivity (Wildman–Crippen MR) is 60.6 cm³/mol. The van der Waals surface area contributed by atoms with Gasteiger partial charge in [-0.1, -0.05) is 0 Å². The van der Waals surface area contributed by atoms with Gasteiger partial charge in [0.25, 0.3) is 5.91 Å². The van der Waals surface area contributed by atoms with Crippen molar-refractivity contribution in [2.24, 2.45) is 11.7 Å². The number of carbonyl (C=O) groups excluding carboxylic acids is 1. The molecule has 0 bridgehead atoms. The first-order valence-electron chi connectivity index (χ1n) is 5.10. The first kappa shape index (κ1) is 9.83. The molecule has 0 spiro atoms. The van der Waals surface area contributed by atoms with Gasteiger partial charge in [0, 0.05) is 17.9 Å². The molecule has 4 heteroatoms. The Kier molecular flexibility index (Phi) is 2.49. The molecule has 1 aromatic carbocycles. The molecule has 5 N–H and O–H groups in total. The molecule has 80 valence electrons. The van der Waals surface area contributed by atoms with Crippen molar-refractivity contribution in [1.29, 1.82) is 0 Å². The van der Waals surface area contributed by atoms with Crippen LogP contribution in [0.3, 0.4) is 0 Å².